The van der Waals surface area contributed by atoms with Gasteiger partial charge < -0.3 is 5.32 Å². The molecule has 0 bridgehead atoms. The van der Waals surface area contributed by atoms with Gasteiger partial charge in [0.15, 0.2) is 0 Å². The van der Waals surface area contributed by atoms with Gasteiger partial charge in [0.1, 0.15) is 0 Å². The summed E-state index contributed by atoms with van der Waals surface area (Å²) in [5.41, 5.74) is 0. The fourth-order valence-corrected chi connectivity index (χ4v) is 3.12. The first-order valence-corrected chi connectivity index (χ1v) is 7.66. The van der Waals surface area contributed by atoms with Gasteiger partial charge in [0, 0.05) is 16.0 Å². The first-order valence-electron chi connectivity index (χ1n) is 5.92. The normalized spacial score (nSPS) is 12.7. The molecule has 17 heavy (non-hydrogen) atoms. The molecule has 0 aliphatic rings. The maximum absolute atomic E-state index is 6.10. The van der Waals surface area contributed by atoms with Crippen molar-refractivity contribution in [1.29, 1.82) is 0 Å². The Kier molecular flexibility index (Phi) is 7.36. The Bertz CT molecular complexity index is 340. The Labute approximate surface area is 118 Å². The summed E-state index contributed by atoms with van der Waals surface area (Å²) in [4.78, 5) is 1.08. The van der Waals surface area contributed by atoms with Crippen LogP contribution >= 0.6 is 35.0 Å². The van der Waals surface area contributed by atoms with E-state index in [2.05, 4.69) is 12.2 Å². The largest absolute Gasteiger partial charge is 0.317 e. The van der Waals surface area contributed by atoms with Crippen molar-refractivity contribution < 1.29 is 0 Å². The van der Waals surface area contributed by atoms with E-state index >= 15 is 0 Å². The van der Waals surface area contributed by atoms with E-state index in [4.69, 9.17) is 23.2 Å². The van der Waals surface area contributed by atoms with E-state index in [-0.39, 0.29) is 0 Å². The zero-order valence-corrected chi connectivity index (χ0v) is 12.6. The summed E-state index contributed by atoms with van der Waals surface area (Å²) >= 11 is 13.8. The number of hydrogen-bond donors (Lipinski definition) is 1. The highest BCUT2D eigenvalue weighted by molar-refractivity contribution is 7.99. The number of rotatable bonds is 7. The zero-order chi connectivity index (χ0) is 12.7. The van der Waals surface area contributed by atoms with Gasteiger partial charge in [0.2, 0.25) is 0 Å². The summed E-state index contributed by atoms with van der Waals surface area (Å²) in [6, 6.07) is 6.24. The van der Waals surface area contributed by atoms with E-state index in [9.17, 15) is 0 Å². The minimum atomic E-state index is 0.630. The van der Waals surface area contributed by atoms with E-state index in [1.807, 2.05) is 25.2 Å². The highest BCUT2D eigenvalue weighted by Gasteiger charge is 2.04. The standard InChI is InChI=1S/C13H19Cl2NS/c1-3-11(16-2)5-4-8-17-13-9-10(14)6-7-12(13)15/h6-7,9,11,16H,3-5,8H2,1-2H3. The molecule has 0 amide bonds. The van der Waals surface area contributed by atoms with Gasteiger partial charge in [-0.25, -0.2) is 0 Å². The van der Waals surface area contributed by atoms with Crippen LogP contribution in [0.5, 0.6) is 0 Å². The zero-order valence-electron chi connectivity index (χ0n) is 10.3. The third kappa shape index (κ3) is 5.52. The quantitative estimate of drug-likeness (QED) is 0.568. The minimum absolute atomic E-state index is 0.630. The van der Waals surface area contributed by atoms with Crippen molar-refractivity contribution in [2.24, 2.45) is 0 Å². The van der Waals surface area contributed by atoms with Crippen molar-refractivity contribution in [2.75, 3.05) is 12.8 Å². The molecule has 0 aliphatic heterocycles. The summed E-state index contributed by atoms with van der Waals surface area (Å²) in [5, 5.41) is 4.85. The van der Waals surface area contributed by atoms with Gasteiger partial charge in [0.25, 0.3) is 0 Å². The predicted molar refractivity (Wildman–Crippen MR) is 79.6 cm³/mol. The van der Waals surface area contributed by atoms with Crippen molar-refractivity contribution in [1.82, 2.24) is 5.32 Å². The lowest BCUT2D eigenvalue weighted by atomic mass is 10.1. The van der Waals surface area contributed by atoms with Crippen molar-refractivity contribution in [3.63, 3.8) is 0 Å². The number of halogens is 2. The van der Waals surface area contributed by atoms with Crippen LogP contribution in [0, 0.1) is 0 Å². The van der Waals surface area contributed by atoms with Gasteiger partial charge >= 0.3 is 0 Å². The van der Waals surface area contributed by atoms with Crippen LogP contribution in [-0.4, -0.2) is 18.8 Å². The SMILES string of the molecule is CCC(CCCSc1cc(Cl)ccc1Cl)NC. The second kappa shape index (κ2) is 8.25. The molecule has 0 spiro atoms. The molecule has 0 radical (unpaired) electrons. The second-order valence-corrected chi connectivity index (χ2v) is 5.94. The highest BCUT2D eigenvalue weighted by Crippen LogP contribution is 2.30. The molecule has 1 N–H and O–H groups in total. The molecular weight excluding hydrogens is 273 g/mol. The van der Waals surface area contributed by atoms with E-state index in [1.165, 1.54) is 19.3 Å². The summed E-state index contributed by atoms with van der Waals surface area (Å²) in [7, 11) is 2.02. The third-order valence-corrected chi connectivity index (χ3v) is 4.57. The van der Waals surface area contributed by atoms with Crippen LogP contribution in [-0.2, 0) is 0 Å². The molecule has 1 atom stereocenters. The fraction of sp³-hybridized carbons (Fsp3) is 0.538. The fourth-order valence-electron chi connectivity index (χ4n) is 1.65. The molecule has 96 valence electrons. The summed E-state index contributed by atoms with van der Waals surface area (Å²) in [6.07, 6.45) is 3.57. The van der Waals surface area contributed by atoms with E-state index in [1.54, 1.807) is 11.8 Å². The molecule has 0 saturated carbocycles. The van der Waals surface area contributed by atoms with Gasteiger partial charge in [-0.1, -0.05) is 30.1 Å². The maximum Gasteiger partial charge on any atom is 0.0542 e. The lowest BCUT2D eigenvalue weighted by Crippen LogP contribution is -2.23. The Morgan fingerprint density at radius 1 is 1.35 bits per heavy atom. The molecule has 1 aromatic carbocycles. The lowest BCUT2D eigenvalue weighted by Gasteiger charge is -2.13. The first kappa shape index (κ1) is 15.2. The molecule has 4 heteroatoms. The molecule has 0 aromatic heterocycles. The van der Waals surface area contributed by atoms with Crippen molar-refractivity contribution in [3.05, 3.63) is 28.2 Å². The van der Waals surface area contributed by atoms with Gasteiger partial charge in [-0.15, -0.1) is 11.8 Å². The number of hydrogen-bond acceptors (Lipinski definition) is 2. The van der Waals surface area contributed by atoms with Crippen molar-refractivity contribution in [2.45, 2.75) is 37.1 Å². The van der Waals surface area contributed by atoms with Crippen LogP contribution in [0.1, 0.15) is 26.2 Å². The average molecular weight is 292 g/mol. The van der Waals surface area contributed by atoms with Gasteiger partial charge in [-0.3, -0.25) is 0 Å². The predicted octanol–water partition coefficient (Wildman–Crippen LogP) is 4.86. The number of benzene rings is 1. The van der Waals surface area contributed by atoms with Crippen LogP contribution in [0.4, 0.5) is 0 Å². The van der Waals surface area contributed by atoms with E-state index < -0.39 is 0 Å². The van der Waals surface area contributed by atoms with Crippen LogP contribution < -0.4 is 5.32 Å². The molecule has 1 rings (SSSR count). The molecule has 0 saturated heterocycles. The summed E-state index contributed by atoms with van der Waals surface area (Å²) in [5.74, 6) is 1.08. The smallest absolute Gasteiger partial charge is 0.0542 e. The first-order chi connectivity index (χ1) is 8.17. The molecule has 0 heterocycles. The van der Waals surface area contributed by atoms with Crippen molar-refractivity contribution in [3.8, 4) is 0 Å². The third-order valence-electron chi connectivity index (χ3n) is 2.75. The van der Waals surface area contributed by atoms with Crippen molar-refractivity contribution >= 4 is 35.0 Å². The molecule has 0 fully saturated rings. The van der Waals surface area contributed by atoms with Crippen LogP contribution in [0.15, 0.2) is 23.1 Å². The Morgan fingerprint density at radius 3 is 2.76 bits per heavy atom. The summed E-state index contributed by atoms with van der Waals surface area (Å²) < 4.78 is 0. The van der Waals surface area contributed by atoms with Gasteiger partial charge in [-0.2, -0.15) is 0 Å². The number of thioether (sulfide) groups is 1. The molecule has 1 aromatic rings. The van der Waals surface area contributed by atoms with E-state index in [0.717, 1.165) is 20.7 Å². The molecule has 0 aliphatic carbocycles. The lowest BCUT2D eigenvalue weighted by molar-refractivity contribution is 0.504. The second-order valence-electron chi connectivity index (χ2n) is 3.96. The van der Waals surface area contributed by atoms with Gasteiger partial charge in [0.05, 0.1) is 5.02 Å². The molecule has 1 unspecified atom stereocenters. The molecule has 1 nitrogen and oxygen atoms in total. The van der Waals surface area contributed by atoms with Crippen LogP contribution in [0.25, 0.3) is 0 Å². The molecular formula is C13H19Cl2NS. The highest BCUT2D eigenvalue weighted by atomic mass is 35.5. The Balaban J connectivity index is 2.33. The topological polar surface area (TPSA) is 12.0 Å². The maximum atomic E-state index is 6.10. The monoisotopic (exact) mass is 291 g/mol. The Hall–Kier alpha value is 0.110. The Morgan fingerprint density at radius 2 is 2.12 bits per heavy atom. The average Bonchev–Trinajstić information content (AvgIpc) is 2.33. The van der Waals surface area contributed by atoms with E-state index in [0.29, 0.717) is 6.04 Å². The van der Waals surface area contributed by atoms with Crippen LogP contribution in [0.3, 0.4) is 0 Å². The van der Waals surface area contributed by atoms with Crippen LogP contribution in [0.2, 0.25) is 10.0 Å². The summed E-state index contributed by atoms with van der Waals surface area (Å²) in [6.45, 7) is 2.21. The number of nitrogens with one attached hydrogen (secondary N) is 1. The minimum Gasteiger partial charge on any atom is -0.317 e. The van der Waals surface area contributed by atoms with Gasteiger partial charge in [-0.05, 0) is 50.3 Å².